The smallest absolute Gasteiger partial charge is 0.344 e. The molecule has 144 valence electrons. The number of rotatable bonds is 9. The number of nitrogens with one attached hydrogen (secondary N) is 1. The molecule has 0 aliphatic carbocycles. The van der Waals surface area contributed by atoms with Crippen LogP contribution in [0.1, 0.15) is 25.1 Å². The molecule has 0 amide bonds. The molecule has 1 atom stereocenters. The second-order valence-corrected chi connectivity index (χ2v) is 7.05. The Morgan fingerprint density at radius 1 is 1.48 bits per heavy atom. The maximum Gasteiger partial charge on any atom is 0.344 e. The Balaban J connectivity index is 2.03. The van der Waals surface area contributed by atoms with Crippen molar-refractivity contribution in [1.82, 2.24) is 4.98 Å². The predicted molar refractivity (Wildman–Crippen MR) is 106 cm³/mol. The standard InChI is InChI=1S/C17H18BrN3O5S/c1-3-25-15(22)7-13-9-27-17(20-13)21-19-8-11-6-12(18)4-5-14(11)26-10(2)16(23)24/h4-6,8-10H,3,7H2,1-2H3,(H,20,21)(H,23,24). The van der Waals surface area contributed by atoms with Gasteiger partial charge in [-0.1, -0.05) is 15.9 Å². The number of aromatic nitrogens is 1. The average molecular weight is 456 g/mol. The number of hydrogen-bond acceptors (Lipinski definition) is 8. The highest BCUT2D eigenvalue weighted by Crippen LogP contribution is 2.23. The van der Waals surface area contributed by atoms with Crippen molar-refractivity contribution < 1.29 is 24.2 Å². The summed E-state index contributed by atoms with van der Waals surface area (Å²) < 4.78 is 11.1. The Hall–Kier alpha value is -2.46. The van der Waals surface area contributed by atoms with Crippen LogP contribution in [0.2, 0.25) is 0 Å². The molecule has 1 aromatic carbocycles. The number of hydrazone groups is 1. The molecule has 2 rings (SSSR count). The van der Waals surface area contributed by atoms with Crippen molar-refractivity contribution in [1.29, 1.82) is 0 Å². The molecule has 2 aromatic rings. The minimum absolute atomic E-state index is 0.104. The quantitative estimate of drug-likeness (QED) is 0.339. The number of carbonyl (C=O) groups is 2. The zero-order valence-corrected chi connectivity index (χ0v) is 17.0. The summed E-state index contributed by atoms with van der Waals surface area (Å²) in [5.74, 6) is -1.00. The van der Waals surface area contributed by atoms with Gasteiger partial charge in [0, 0.05) is 15.4 Å². The van der Waals surface area contributed by atoms with E-state index in [1.165, 1.54) is 24.5 Å². The molecular formula is C17H18BrN3O5S. The minimum Gasteiger partial charge on any atom is -0.479 e. The van der Waals surface area contributed by atoms with Gasteiger partial charge >= 0.3 is 11.9 Å². The van der Waals surface area contributed by atoms with E-state index in [4.69, 9.17) is 14.6 Å². The van der Waals surface area contributed by atoms with Crippen LogP contribution in [0.4, 0.5) is 5.13 Å². The molecule has 2 N–H and O–H groups in total. The summed E-state index contributed by atoms with van der Waals surface area (Å²) in [6.45, 7) is 3.53. The second-order valence-electron chi connectivity index (χ2n) is 5.28. The number of carbonyl (C=O) groups excluding carboxylic acids is 1. The van der Waals surface area contributed by atoms with E-state index >= 15 is 0 Å². The summed E-state index contributed by atoms with van der Waals surface area (Å²) in [6.07, 6.45) is 0.615. The molecule has 0 aliphatic heterocycles. The van der Waals surface area contributed by atoms with Crippen LogP contribution in [0.3, 0.4) is 0 Å². The summed E-state index contributed by atoms with van der Waals surface area (Å²) in [4.78, 5) is 26.7. The first-order valence-electron chi connectivity index (χ1n) is 7.97. The largest absolute Gasteiger partial charge is 0.479 e. The molecule has 27 heavy (non-hydrogen) atoms. The van der Waals surface area contributed by atoms with Crippen LogP contribution in [0.25, 0.3) is 0 Å². The maximum absolute atomic E-state index is 11.5. The lowest BCUT2D eigenvalue weighted by Crippen LogP contribution is -2.23. The Kier molecular flexibility index (Phi) is 7.74. The van der Waals surface area contributed by atoms with Gasteiger partial charge in [0.15, 0.2) is 6.10 Å². The number of ether oxygens (including phenoxy) is 2. The van der Waals surface area contributed by atoms with Crippen molar-refractivity contribution >= 4 is 50.6 Å². The fraction of sp³-hybridized carbons (Fsp3) is 0.294. The molecule has 1 aromatic heterocycles. The number of carboxylic acid groups (broad SMARTS) is 1. The van der Waals surface area contributed by atoms with E-state index in [-0.39, 0.29) is 12.4 Å². The van der Waals surface area contributed by atoms with E-state index in [1.807, 2.05) is 0 Å². The van der Waals surface area contributed by atoms with Crippen molar-refractivity contribution in [2.45, 2.75) is 26.4 Å². The molecule has 1 unspecified atom stereocenters. The van der Waals surface area contributed by atoms with Gasteiger partial charge in [-0.2, -0.15) is 5.10 Å². The van der Waals surface area contributed by atoms with E-state index in [0.29, 0.717) is 28.7 Å². The molecule has 8 nitrogen and oxygen atoms in total. The van der Waals surface area contributed by atoms with Crippen molar-refractivity contribution in [2.24, 2.45) is 5.10 Å². The Morgan fingerprint density at radius 3 is 2.96 bits per heavy atom. The fourth-order valence-electron chi connectivity index (χ4n) is 1.92. The van der Waals surface area contributed by atoms with Crippen LogP contribution in [0.15, 0.2) is 33.2 Å². The van der Waals surface area contributed by atoms with E-state index in [0.717, 1.165) is 4.47 Å². The van der Waals surface area contributed by atoms with Gasteiger partial charge in [-0.05, 0) is 32.0 Å². The van der Waals surface area contributed by atoms with Gasteiger partial charge in [-0.25, -0.2) is 9.78 Å². The number of benzene rings is 1. The third kappa shape index (κ3) is 6.65. The highest BCUT2D eigenvalue weighted by atomic mass is 79.9. The predicted octanol–water partition coefficient (Wildman–Crippen LogP) is 3.31. The molecule has 10 heteroatoms. The summed E-state index contributed by atoms with van der Waals surface area (Å²) >= 11 is 4.66. The molecule has 0 radical (unpaired) electrons. The van der Waals surface area contributed by atoms with E-state index in [9.17, 15) is 9.59 Å². The lowest BCUT2D eigenvalue weighted by Gasteiger charge is -2.12. The van der Waals surface area contributed by atoms with Crippen LogP contribution in [-0.2, 0) is 20.7 Å². The lowest BCUT2D eigenvalue weighted by molar-refractivity contribution is -0.144. The monoisotopic (exact) mass is 455 g/mol. The SMILES string of the molecule is CCOC(=O)Cc1csc(NN=Cc2cc(Br)ccc2OC(C)C(=O)O)n1. The van der Waals surface area contributed by atoms with Gasteiger partial charge < -0.3 is 14.6 Å². The van der Waals surface area contributed by atoms with Crippen molar-refractivity contribution in [3.05, 3.63) is 39.3 Å². The molecular weight excluding hydrogens is 438 g/mol. The topological polar surface area (TPSA) is 110 Å². The molecule has 0 saturated heterocycles. The van der Waals surface area contributed by atoms with E-state index in [1.54, 1.807) is 30.5 Å². The van der Waals surface area contributed by atoms with Crippen LogP contribution in [0.5, 0.6) is 5.75 Å². The maximum atomic E-state index is 11.5. The van der Waals surface area contributed by atoms with Crippen LogP contribution in [-0.4, -0.2) is 41.0 Å². The minimum atomic E-state index is -1.06. The third-order valence-corrected chi connectivity index (χ3v) is 4.46. The number of esters is 1. The number of hydrogen-bond donors (Lipinski definition) is 2. The number of thiazole rings is 1. The molecule has 0 saturated carbocycles. The van der Waals surface area contributed by atoms with Crippen molar-refractivity contribution in [2.75, 3.05) is 12.0 Å². The number of halogens is 1. The first-order valence-corrected chi connectivity index (χ1v) is 9.64. The Labute approximate surface area is 168 Å². The summed E-state index contributed by atoms with van der Waals surface area (Å²) in [5, 5.41) is 15.4. The number of anilines is 1. The molecule has 0 bridgehead atoms. The highest BCUT2D eigenvalue weighted by molar-refractivity contribution is 9.10. The first-order chi connectivity index (χ1) is 12.9. The van der Waals surface area contributed by atoms with E-state index < -0.39 is 12.1 Å². The Morgan fingerprint density at radius 2 is 2.26 bits per heavy atom. The second kappa shape index (κ2) is 10.0. The number of aliphatic carboxylic acids is 1. The zero-order chi connectivity index (χ0) is 19.8. The molecule has 1 heterocycles. The van der Waals surface area contributed by atoms with Crippen LogP contribution < -0.4 is 10.2 Å². The lowest BCUT2D eigenvalue weighted by atomic mass is 10.2. The van der Waals surface area contributed by atoms with Crippen LogP contribution >= 0.6 is 27.3 Å². The third-order valence-electron chi connectivity index (χ3n) is 3.17. The van der Waals surface area contributed by atoms with Crippen molar-refractivity contribution in [3.63, 3.8) is 0 Å². The van der Waals surface area contributed by atoms with Crippen molar-refractivity contribution in [3.8, 4) is 5.75 Å². The van der Waals surface area contributed by atoms with Gasteiger partial charge in [-0.15, -0.1) is 11.3 Å². The number of carboxylic acids is 1. The van der Waals surface area contributed by atoms with E-state index in [2.05, 4.69) is 31.4 Å². The van der Waals surface area contributed by atoms with Gasteiger partial charge in [-0.3, -0.25) is 10.2 Å². The molecule has 0 aliphatic rings. The summed E-state index contributed by atoms with van der Waals surface area (Å²) in [6, 6.07) is 5.16. The first kappa shape index (κ1) is 20.8. The summed E-state index contributed by atoms with van der Waals surface area (Å²) in [7, 11) is 0. The average Bonchev–Trinajstić information content (AvgIpc) is 3.04. The van der Waals surface area contributed by atoms with Gasteiger partial charge in [0.1, 0.15) is 5.75 Å². The highest BCUT2D eigenvalue weighted by Gasteiger charge is 2.14. The number of nitrogens with zero attached hydrogens (tertiary/aromatic N) is 2. The molecule has 0 fully saturated rings. The summed E-state index contributed by atoms with van der Waals surface area (Å²) in [5.41, 5.74) is 3.97. The van der Waals surface area contributed by atoms with Gasteiger partial charge in [0.25, 0.3) is 0 Å². The Bertz CT molecular complexity index is 840. The molecule has 0 spiro atoms. The van der Waals surface area contributed by atoms with Crippen LogP contribution in [0, 0.1) is 0 Å². The fourth-order valence-corrected chi connectivity index (χ4v) is 2.96. The normalized spacial score (nSPS) is 12.0. The zero-order valence-electron chi connectivity index (χ0n) is 14.6. The van der Waals surface area contributed by atoms with Gasteiger partial charge in [0.05, 0.1) is 24.9 Å². The van der Waals surface area contributed by atoms with Gasteiger partial charge in [0.2, 0.25) is 5.13 Å².